The molecule has 0 radical (unpaired) electrons. The SMILES string of the molecule is CC(C)=CC/C=C(/C)[C@@]1(C)CC[C@@]2(C)[C@@H]1[C@@H]1[C@H](C)CC[C@@]12O. The fraction of sp³-hybridized carbons (Fsp3) is 0.810. The number of aliphatic hydroxyl groups is 1. The summed E-state index contributed by atoms with van der Waals surface area (Å²) in [6.07, 6.45) is 10.5. The second-order valence-electron chi connectivity index (χ2n) is 9.18. The molecule has 0 saturated heterocycles. The van der Waals surface area contributed by atoms with Gasteiger partial charge < -0.3 is 5.11 Å². The van der Waals surface area contributed by atoms with Crippen LogP contribution in [0.5, 0.6) is 0 Å². The predicted octanol–water partition coefficient (Wildman–Crippen LogP) is 5.50. The molecule has 0 amide bonds. The molecule has 0 aromatic rings. The van der Waals surface area contributed by atoms with Crippen LogP contribution >= 0.6 is 0 Å². The summed E-state index contributed by atoms with van der Waals surface area (Å²) >= 11 is 0. The Morgan fingerprint density at radius 1 is 1.09 bits per heavy atom. The van der Waals surface area contributed by atoms with Gasteiger partial charge >= 0.3 is 0 Å². The topological polar surface area (TPSA) is 20.2 Å². The largest absolute Gasteiger partial charge is 0.389 e. The molecule has 3 fully saturated rings. The summed E-state index contributed by atoms with van der Waals surface area (Å²) in [4.78, 5) is 0. The van der Waals surface area contributed by atoms with Gasteiger partial charge in [0.2, 0.25) is 0 Å². The molecule has 0 bridgehead atoms. The van der Waals surface area contributed by atoms with Crippen LogP contribution in [0.3, 0.4) is 0 Å². The zero-order valence-corrected chi connectivity index (χ0v) is 15.4. The van der Waals surface area contributed by atoms with Crippen molar-refractivity contribution in [2.45, 2.75) is 79.2 Å². The third kappa shape index (κ3) is 1.87. The number of hydrogen-bond donors (Lipinski definition) is 1. The van der Waals surface area contributed by atoms with E-state index in [-0.39, 0.29) is 11.0 Å². The van der Waals surface area contributed by atoms with E-state index in [0.717, 1.165) is 12.8 Å². The van der Waals surface area contributed by atoms with Gasteiger partial charge in [0.25, 0.3) is 0 Å². The van der Waals surface area contributed by atoms with Crippen LogP contribution in [0.15, 0.2) is 23.3 Å². The summed E-state index contributed by atoms with van der Waals surface area (Å²) in [5.74, 6) is 1.88. The zero-order chi connectivity index (χ0) is 16.3. The highest BCUT2D eigenvalue weighted by molar-refractivity contribution is 5.32. The average molecular weight is 303 g/mol. The van der Waals surface area contributed by atoms with Crippen molar-refractivity contribution in [3.8, 4) is 0 Å². The number of fused-ring (bicyclic) bond motifs is 4. The molecular formula is C21H34O. The molecule has 0 spiro atoms. The van der Waals surface area contributed by atoms with E-state index in [1.165, 1.54) is 24.8 Å². The Morgan fingerprint density at radius 2 is 1.77 bits per heavy atom. The number of rotatable bonds is 3. The minimum absolute atomic E-state index is 0.156. The fourth-order valence-electron chi connectivity index (χ4n) is 6.40. The molecule has 124 valence electrons. The van der Waals surface area contributed by atoms with Gasteiger partial charge in [0.1, 0.15) is 0 Å². The van der Waals surface area contributed by atoms with Crippen molar-refractivity contribution >= 4 is 0 Å². The standard InChI is InChI=1S/C21H34O/c1-14(2)8-7-9-16(4)19(5)12-13-20(6)18(19)17-15(3)10-11-21(17,20)22/h8-9,15,17-18,22H,7,10-13H2,1-6H3/b16-9-/t15-,17+,18-,19-,20+,21-/m1/s1. The quantitative estimate of drug-likeness (QED) is 0.682. The van der Waals surface area contributed by atoms with E-state index in [2.05, 4.69) is 53.7 Å². The maximum absolute atomic E-state index is 11.3. The fourth-order valence-corrected chi connectivity index (χ4v) is 6.40. The van der Waals surface area contributed by atoms with Crippen LogP contribution in [0.2, 0.25) is 0 Å². The molecule has 1 N–H and O–H groups in total. The van der Waals surface area contributed by atoms with E-state index in [1.54, 1.807) is 5.57 Å². The monoisotopic (exact) mass is 302 g/mol. The van der Waals surface area contributed by atoms with Crippen LogP contribution in [-0.2, 0) is 0 Å². The summed E-state index contributed by atoms with van der Waals surface area (Å²) in [5, 5.41) is 11.3. The minimum Gasteiger partial charge on any atom is -0.389 e. The van der Waals surface area contributed by atoms with Gasteiger partial charge in [0.05, 0.1) is 5.60 Å². The molecule has 22 heavy (non-hydrogen) atoms. The van der Waals surface area contributed by atoms with Gasteiger partial charge in [-0.2, -0.15) is 0 Å². The second kappa shape index (κ2) is 4.97. The average Bonchev–Trinajstić information content (AvgIpc) is 2.84. The first kappa shape index (κ1) is 16.3. The summed E-state index contributed by atoms with van der Waals surface area (Å²) in [5.41, 5.74) is 3.03. The first-order chi connectivity index (χ1) is 10.2. The van der Waals surface area contributed by atoms with Gasteiger partial charge in [-0.05, 0) is 76.0 Å². The molecule has 1 heteroatoms. The third-order valence-electron chi connectivity index (χ3n) is 7.88. The Kier molecular flexibility index (Phi) is 3.68. The summed E-state index contributed by atoms with van der Waals surface area (Å²) in [6.45, 7) is 13.9. The Hall–Kier alpha value is -0.560. The molecule has 3 saturated carbocycles. The molecule has 0 aromatic heterocycles. The molecule has 0 unspecified atom stereocenters. The maximum Gasteiger partial charge on any atom is 0.0738 e. The minimum atomic E-state index is -0.366. The van der Waals surface area contributed by atoms with Crippen LogP contribution < -0.4 is 0 Å². The molecule has 3 aliphatic carbocycles. The third-order valence-corrected chi connectivity index (χ3v) is 7.88. The maximum atomic E-state index is 11.3. The van der Waals surface area contributed by atoms with E-state index in [0.29, 0.717) is 23.2 Å². The van der Waals surface area contributed by atoms with Crippen molar-refractivity contribution in [2.24, 2.45) is 28.6 Å². The lowest BCUT2D eigenvalue weighted by molar-refractivity contribution is -0.251. The van der Waals surface area contributed by atoms with Crippen molar-refractivity contribution in [3.05, 3.63) is 23.3 Å². The van der Waals surface area contributed by atoms with Crippen molar-refractivity contribution in [3.63, 3.8) is 0 Å². The Balaban J connectivity index is 1.89. The Morgan fingerprint density at radius 3 is 2.41 bits per heavy atom. The van der Waals surface area contributed by atoms with Crippen LogP contribution in [0.25, 0.3) is 0 Å². The second-order valence-corrected chi connectivity index (χ2v) is 9.18. The van der Waals surface area contributed by atoms with E-state index >= 15 is 0 Å². The lowest BCUT2D eigenvalue weighted by atomic mass is 9.41. The van der Waals surface area contributed by atoms with Gasteiger partial charge in [-0.3, -0.25) is 0 Å². The highest BCUT2D eigenvalue weighted by Gasteiger charge is 2.77. The lowest BCUT2D eigenvalue weighted by Gasteiger charge is -2.65. The van der Waals surface area contributed by atoms with Gasteiger partial charge in [-0.1, -0.05) is 44.1 Å². The zero-order valence-electron chi connectivity index (χ0n) is 15.4. The Labute approximate surface area is 136 Å². The van der Waals surface area contributed by atoms with Crippen molar-refractivity contribution < 1.29 is 5.11 Å². The van der Waals surface area contributed by atoms with E-state index in [4.69, 9.17) is 0 Å². The normalized spacial score (nSPS) is 50.3. The van der Waals surface area contributed by atoms with Gasteiger partial charge in [-0.25, -0.2) is 0 Å². The number of allylic oxidation sites excluding steroid dienone is 4. The van der Waals surface area contributed by atoms with Crippen molar-refractivity contribution in [2.75, 3.05) is 0 Å². The number of hydrogen-bond acceptors (Lipinski definition) is 1. The highest BCUT2D eigenvalue weighted by Crippen LogP contribution is 2.78. The summed E-state index contributed by atoms with van der Waals surface area (Å²) < 4.78 is 0. The van der Waals surface area contributed by atoms with Crippen LogP contribution in [0.4, 0.5) is 0 Å². The van der Waals surface area contributed by atoms with Crippen LogP contribution in [0.1, 0.15) is 73.6 Å². The van der Waals surface area contributed by atoms with E-state index < -0.39 is 0 Å². The van der Waals surface area contributed by atoms with Gasteiger partial charge in [0, 0.05) is 5.41 Å². The predicted molar refractivity (Wildman–Crippen MR) is 93.6 cm³/mol. The first-order valence-electron chi connectivity index (χ1n) is 9.20. The molecule has 1 nitrogen and oxygen atoms in total. The van der Waals surface area contributed by atoms with E-state index in [1.807, 2.05) is 0 Å². The van der Waals surface area contributed by atoms with Crippen LogP contribution in [-0.4, -0.2) is 10.7 Å². The van der Waals surface area contributed by atoms with Crippen LogP contribution in [0, 0.1) is 28.6 Å². The molecule has 3 aliphatic rings. The lowest BCUT2D eigenvalue weighted by Crippen LogP contribution is -2.68. The molecule has 0 aliphatic heterocycles. The van der Waals surface area contributed by atoms with Crippen molar-refractivity contribution in [1.29, 1.82) is 0 Å². The molecular weight excluding hydrogens is 268 g/mol. The smallest absolute Gasteiger partial charge is 0.0738 e. The molecule has 0 heterocycles. The van der Waals surface area contributed by atoms with Crippen molar-refractivity contribution in [1.82, 2.24) is 0 Å². The van der Waals surface area contributed by atoms with Gasteiger partial charge in [-0.15, -0.1) is 0 Å². The molecule has 3 rings (SSSR count). The summed E-state index contributed by atoms with van der Waals surface area (Å²) in [6, 6.07) is 0. The van der Waals surface area contributed by atoms with E-state index in [9.17, 15) is 5.11 Å². The highest BCUT2D eigenvalue weighted by atomic mass is 16.3. The Bertz CT molecular complexity index is 526. The molecule has 6 atom stereocenters. The first-order valence-corrected chi connectivity index (χ1v) is 9.20. The summed E-state index contributed by atoms with van der Waals surface area (Å²) in [7, 11) is 0. The van der Waals surface area contributed by atoms with Gasteiger partial charge in [0.15, 0.2) is 0 Å². The molecule has 0 aromatic carbocycles.